The molecule has 0 fully saturated rings. The normalized spacial score (nSPS) is 12.3. The summed E-state index contributed by atoms with van der Waals surface area (Å²) in [6.45, 7) is 5.60. The number of nitrogens with one attached hydrogen (secondary N) is 1. The Labute approximate surface area is 212 Å². The largest absolute Gasteiger partial charge is 0.352 e. The van der Waals surface area contributed by atoms with Gasteiger partial charge in [0.15, 0.2) is 0 Å². The smallest absolute Gasteiger partial charge is 0.242 e. The van der Waals surface area contributed by atoms with Gasteiger partial charge < -0.3 is 10.2 Å². The van der Waals surface area contributed by atoms with Crippen molar-refractivity contribution in [1.29, 1.82) is 0 Å². The lowest BCUT2D eigenvalue weighted by Crippen LogP contribution is -2.49. The van der Waals surface area contributed by atoms with Crippen LogP contribution in [0.2, 0.25) is 10.0 Å². The average molecular weight is 529 g/mol. The first-order valence-corrected chi connectivity index (χ1v) is 13.6. The minimum atomic E-state index is -3.52. The van der Waals surface area contributed by atoms with E-state index in [1.54, 1.807) is 55.5 Å². The zero-order chi connectivity index (χ0) is 25.5. The average Bonchev–Trinajstić information content (AvgIpc) is 2.75. The van der Waals surface area contributed by atoms with E-state index in [0.717, 1.165) is 6.26 Å². The molecule has 186 valence electrons. The Morgan fingerprint density at radius 3 is 2.24 bits per heavy atom. The highest BCUT2D eigenvalue weighted by atomic mass is 35.5. The van der Waals surface area contributed by atoms with Gasteiger partial charge in [-0.3, -0.25) is 13.9 Å². The van der Waals surface area contributed by atoms with Crippen LogP contribution in [0.5, 0.6) is 0 Å². The van der Waals surface area contributed by atoms with Gasteiger partial charge in [0.05, 0.1) is 11.9 Å². The Kier molecular flexibility index (Phi) is 10.2. The SMILES string of the molecule is CC(C)NC(=O)[C@@H](C)N(Cc1ccc(Cl)cc1Cl)C(=O)CCCN(c1ccccc1)S(C)(=O)=O. The number of halogens is 2. The Hall–Kier alpha value is -2.29. The van der Waals surface area contributed by atoms with Gasteiger partial charge in [-0.1, -0.05) is 47.5 Å². The lowest BCUT2D eigenvalue weighted by molar-refractivity contribution is -0.140. The van der Waals surface area contributed by atoms with Crippen molar-refractivity contribution in [3.8, 4) is 0 Å². The topological polar surface area (TPSA) is 86.8 Å². The molecule has 34 heavy (non-hydrogen) atoms. The van der Waals surface area contributed by atoms with Crippen LogP contribution >= 0.6 is 23.2 Å². The highest BCUT2D eigenvalue weighted by Crippen LogP contribution is 2.24. The van der Waals surface area contributed by atoms with Gasteiger partial charge in [-0.25, -0.2) is 8.42 Å². The van der Waals surface area contributed by atoms with Crippen LogP contribution in [0.25, 0.3) is 0 Å². The third kappa shape index (κ3) is 8.18. The summed E-state index contributed by atoms with van der Waals surface area (Å²) in [5.41, 5.74) is 1.19. The van der Waals surface area contributed by atoms with E-state index in [1.165, 1.54) is 9.21 Å². The van der Waals surface area contributed by atoms with Gasteiger partial charge in [-0.2, -0.15) is 0 Å². The Morgan fingerprint density at radius 2 is 1.68 bits per heavy atom. The molecule has 0 saturated carbocycles. The van der Waals surface area contributed by atoms with E-state index in [2.05, 4.69) is 5.32 Å². The zero-order valence-corrected chi connectivity index (χ0v) is 22.1. The van der Waals surface area contributed by atoms with Crippen LogP contribution in [-0.2, 0) is 26.2 Å². The Balaban J connectivity index is 2.19. The van der Waals surface area contributed by atoms with Gasteiger partial charge in [0.25, 0.3) is 0 Å². The fourth-order valence-electron chi connectivity index (χ4n) is 3.42. The standard InChI is InChI=1S/C24H31Cl2N3O4S/c1-17(2)27-24(31)18(3)28(16-19-12-13-20(25)15-22(19)26)23(30)11-8-14-29(34(4,32)33)21-9-6-5-7-10-21/h5-7,9-10,12-13,15,17-18H,8,11,14,16H2,1-4H3,(H,27,31)/t18-/m1/s1. The summed E-state index contributed by atoms with van der Waals surface area (Å²) in [4.78, 5) is 27.4. The first kappa shape index (κ1) is 28.0. The Bertz CT molecular complexity index is 1090. The maximum Gasteiger partial charge on any atom is 0.242 e. The van der Waals surface area contributed by atoms with Gasteiger partial charge in [-0.05, 0) is 57.0 Å². The molecule has 2 aromatic rings. The predicted molar refractivity (Wildman–Crippen MR) is 138 cm³/mol. The molecule has 0 aliphatic heterocycles. The number of sulfonamides is 1. The molecule has 0 aliphatic rings. The summed E-state index contributed by atoms with van der Waals surface area (Å²) in [5.74, 6) is -0.561. The third-order valence-corrected chi connectivity index (χ3v) is 6.93. The summed E-state index contributed by atoms with van der Waals surface area (Å²) >= 11 is 12.3. The predicted octanol–water partition coefficient (Wildman–Crippen LogP) is 4.48. The molecule has 2 amide bonds. The second-order valence-corrected chi connectivity index (χ2v) is 11.1. The van der Waals surface area contributed by atoms with Gasteiger partial charge >= 0.3 is 0 Å². The van der Waals surface area contributed by atoms with Gasteiger partial charge in [0.1, 0.15) is 6.04 Å². The van der Waals surface area contributed by atoms with Crippen molar-refractivity contribution in [2.45, 2.75) is 52.2 Å². The number of carbonyl (C=O) groups is 2. The molecule has 0 bridgehead atoms. The van der Waals surface area contributed by atoms with E-state index < -0.39 is 16.1 Å². The second-order valence-electron chi connectivity index (χ2n) is 8.37. The molecule has 0 radical (unpaired) electrons. The molecular formula is C24H31Cl2N3O4S. The first-order chi connectivity index (χ1) is 15.9. The zero-order valence-electron chi connectivity index (χ0n) is 19.8. The van der Waals surface area contributed by atoms with Crippen molar-refractivity contribution in [3.63, 3.8) is 0 Å². The molecule has 0 aliphatic carbocycles. The number of para-hydroxylation sites is 1. The number of rotatable bonds is 11. The van der Waals surface area contributed by atoms with Gasteiger partial charge in [0, 0.05) is 35.6 Å². The third-order valence-electron chi connectivity index (χ3n) is 5.15. The summed E-state index contributed by atoms with van der Waals surface area (Å²) in [6, 6.07) is 12.9. The lowest BCUT2D eigenvalue weighted by atomic mass is 10.1. The fourth-order valence-corrected chi connectivity index (χ4v) is 4.85. The number of carbonyl (C=O) groups excluding carboxylic acids is 2. The molecule has 0 unspecified atom stereocenters. The van der Waals surface area contributed by atoms with E-state index in [9.17, 15) is 18.0 Å². The summed E-state index contributed by atoms with van der Waals surface area (Å²) < 4.78 is 25.9. The molecule has 2 aromatic carbocycles. The number of anilines is 1. The van der Waals surface area contributed by atoms with Crippen molar-refractivity contribution < 1.29 is 18.0 Å². The molecule has 7 nitrogen and oxygen atoms in total. The molecule has 2 rings (SSSR count). The van der Waals surface area contributed by atoms with Gasteiger partial charge in [-0.15, -0.1) is 0 Å². The van der Waals surface area contributed by atoms with E-state index >= 15 is 0 Å². The number of nitrogens with zero attached hydrogens (tertiary/aromatic N) is 2. The van der Waals surface area contributed by atoms with Crippen molar-refractivity contribution in [3.05, 3.63) is 64.1 Å². The maximum atomic E-state index is 13.2. The van der Waals surface area contributed by atoms with Crippen LogP contribution in [-0.4, -0.2) is 50.0 Å². The van der Waals surface area contributed by atoms with E-state index in [1.807, 2.05) is 13.8 Å². The maximum absolute atomic E-state index is 13.2. The van der Waals surface area contributed by atoms with Crippen molar-refractivity contribution >= 4 is 50.7 Å². The molecular weight excluding hydrogens is 497 g/mol. The fraction of sp³-hybridized carbons (Fsp3) is 0.417. The summed E-state index contributed by atoms with van der Waals surface area (Å²) in [7, 11) is -3.52. The first-order valence-electron chi connectivity index (χ1n) is 11.0. The van der Waals surface area contributed by atoms with Crippen LogP contribution < -0.4 is 9.62 Å². The van der Waals surface area contributed by atoms with Crippen molar-refractivity contribution in [2.75, 3.05) is 17.1 Å². The molecule has 0 saturated heterocycles. The van der Waals surface area contributed by atoms with E-state index in [0.29, 0.717) is 21.3 Å². The highest BCUT2D eigenvalue weighted by molar-refractivity contribution is 7.92. The summed E-state index contributed by atoms with van der Waals surface area (Å²) in [6.07, 6.45) is 1.47. The van der Waals surface area contributed by atoms with Crippen LogP contribution in [0.4, 0.5) is 5.69 Å². The summed E-state index contributed by atoms with van der Waals surface area (Å²) in [5, 5.41) is 3.70. The second kappa shape index (κ2) is 12.4. The van der Waals surface area contributed by atoms with E-state index in [-0.39, 0.29) is 43.8 Å². The molecule has 1 N–H and O–H groups in total. The van der Waals surface area contributed by atoms with Gasteiger partial charge in [0.2, 0.25) is 21.8 Å². The monoisotopic (exact) mass is 527 g/mol. The molecule has 0 spiro atoms. The molecule has 1 atom stereocenters. The number of amides is 2. The van der Waals surface area contributed by atoms with Crippen LogP contribution in [0.1, 0.15) is 39.2 Å². The molecule has 10 heteroatoms. The Morgan fingerprint density at radius 1 is 1.03 bits per heavy atom. The number of hydrogen-bond acceptors (Lipinski definition) is 4. The van der Waals surface area contributed by atoms with Crippen LogP contribution in [0.15, 0.2) is 48.5 Å². The molecule has 0 heterocycles. The minimum Gasteiger partial charge on any atom is -0.352 e. The number of benzene rings is 2. The minimum absolute atomic E-state index is 0.0589. The lowest BCUT2D eigenvalue weighted by Gasteiger charge is -2.30. The van der Waals surface area contributed by atoms with E-state index in [4.69, 9.17) is 23.2 Å². The molecule has 0 aromatic heterocycles. The van der Waals surface area contributed by atoms with Crippen molar-refractivity contribution in [2.24, 2.45) is 0 Å². The van der Waals surface area contributed by atoms with Crippen molar-refractivity contribution in [1.82, 2.24) is 10.2 Å². The van der Waals surface area contributed by atoms with Crippen LogP contribution in [0, 0.1) is 0 Å². The number of hydrogen-bond donors (Lipinski definition) is 1. The van der Waals surface area contributed by atoms with Crippen LogP contribution in [0.3, 0.4) is 0 Å². The highest BCUT2D eigenvalue weighted by Gasteiger charge is 2.27. The quantitative estimate of drug-likeness (QED) is 0.466.